The van der Waals surface area contributed by atoms with Gasteiger partial charge in [0.05, 0.1) is 13.2 Å². The van der Waals surface area contributed by atoms with Gasteiger partial charge in [0, 0.05) is 45.8 Å². The van der Waals surface area contributed by atoms with Crippen LogP contribution in [0.4, 0.5) is 17.1 Å². The largest absolute Gasteiger partial charge is 0.378 e. The molecule has 1 saturated heterocycles. The molecule has 1 heterocycles. The molecule has 0 unspecified atom stereocenters. The smallest absolute Gasteiger partial charge is 0.255 e. The van der Waals surface area contributed by atoms with E-state index in [9.17, 15) is 9.59 Å². The van der Waals surface area contributed by atoms with Gasteiger partial charge in [0.1, 0.15) is 0 Å². The first-order valence-corrected chi connectivity index (χ1v) is 13.3. The Morgan fingerprint density at radius 1 is 0.763 bits per heavy atom. The molecule has 6 nitrogen and oxygen atoms in total. The SMILES string of the molecule is Cc1ccc(C(=O)Nc2ccc(N3CCOCC3)cc2)cc1-c1ccc(C(=O)Nc2cccc(Br)c2)cc1. The second-order valence-corrected chi connectivity index (χ2v) is 10.1. The molecule has 0 aliphatic carbocycles. The summed E-state index contributed by atoms with van der Waals surface area (Å²) in [5, 5.41) is 5.91. The summed E-state index contributed by atoms with van der Waals surface area (Å²) in [6.07, 6.45) is 0. The van der Waals surface area contributed by atoms with E-state index in [1.807, 2.05) is 85.8 Å². The topological polar surface area (TPSA) is 70.7 Å². The van der Waals surface area contributed by atoms with Crippen LogP contribution >= 0.6 is 15.9 Å². The Balaban J connectivity index is 1.27. The molecule has 1 aliphatic rings. The minimum absolute atomic E-state index is 0.171. The fourth-order valence-electron chi connectivity index (χ4n) is 4.43. The summed E-state index contributed by atoms with van der Waals surface area (Å²) in [4.78, 5) is 28.0. The maximum Gasteiger partial charge on any atom is 0.255 e. The molecule has 7 heteroatoms. The van der Waals surface area contributed by atoms with Crippen molar-refractivity contribution < 1.29 is 14.3 Å². The number of benzene rings is 4. The molecule has 4 aromatic carbocycles. The maximum absolute atomic E-state index is 13.0. The number of morpholine rings is 1. The van der Waals surface area contributed by atoms with Gasteiger partial charge in [-0.2, -0.15) is 0 Å². The van der Waals surface area contributed by atoms with E-state index in [0.717, 1.165) is 64.5 Å². The average Bonchev–Trinajstić information content (AvgIpc) is 2.94. The minimum Gasteiger partial charge on any atom is -0.378 e. The minimum atomic E-state index is -0.181. The van der Waals surface area contributed by atoms with Crippen molar-refractivity contribution in [2.24, 2.45) is 0 Å². The number of carbonyl (C=O) groups is 2. The van der Waals surface area contributed by atoms with Gasteiger partial charge in [-0.3, -0.25) is 9.59 Å². The van der Waals surface area contributed by atoms with Crippen molar-refractivity contribution in [1.82, 2.24) is 0 Å². The zero-order chi connectivity index (χ0) is 26.5. The second-order valence-electron chi connectivity index (χ2n) is 9.17. The summed E-state index contributed by atoms with van der Waals surface area (Å²) >= 11 is 3.42. The summed E-state index contributed by atoms with van der Waals surface area (Å²) in [6, 6.07) is 28.4. The fraction of sp³-hybridized carbons (Fsp3) is 0.161. The number of anilines is 3. The lowest BCUT2D eigenvalue weighted by atomic mass is 9.97. The lowest BCUT2D eigenvalue weighted by Gasteiger charge is -2.28. The van der Waals surface area contributed by atoms with Gasteiger partial charge in [0.15, 0.2) is 0 Å². The van der Waals surface area contributed by atoms with Gasteiger partial charge in [-0.15, -0.1) is 0 Å². The highest BCUT2D eigenvalue weighted by Crippen LogP contribution is 2.26. The maximum atomic E-state index is 13.0. The number of halogens is 1. The molecular formula is C31H28BrN3O3. The fourth-order valence-corrected chi connectivity index (χ4v) is 4.82. The van der Waals surface area contributed by atoms with E-state index in [1.54, 1.807) is 12.1 Å². The van der Waals surface area contributed by atoms with Gasteiger partial charge in [-0.25, -0.2) is 0 Å². The van der Waals surface area contributed by atoms with E-state index < -0.39 is 0 Å². The van der Waals surface area contributed by atoms with Crippen LogP contribution in [0.2, 0.25) is 0 Å². The van der Waals surface area contributed by atoms with Crippen molar-refractivity contribution in [1.29, 1.82) is 0 Å². The van der Waals surface area contributed by atoms with Gasteiger partial charge in [0.25, 0.3) is 11.8 Å². The molecule has 0 bridgehead atoms. The molecule has 5 rings (SSSR count). The number of aryl methyl sites for hydroxylation is 1. The summed E-state index contributed by atoms with van der Waals surface area (Å²) in [5.74, 6) is -0.352. The monoisotopic (exact) mass is 569 g/mol. The first-order chi connectivity index (χ1) is 18.5. The molecule has 0 radical (unpaired) electrons. The molecule has 0 spiro atoms. The Labute approximate surface area is 230 Å². The average molecular weight is 570 g/mol. The van der Waals surface area contributed by atoms with Crippen LogP contribution in [0, 0.1) is 6.92 Å². The summed E-state index contributed by atoms with van der Waals surface area (Å²) in [7, 11) is 0. The van der Waals surface area contributed by atoms with E-state index in [2.05, 4.69) is 31.5 Å². The number of nitrogens with one attached hydrogen (secondary N) is 2. The third-order valence-electron chi connectivity index (χ3n) is 6.54. The Morgan fingerprint density at radius 3 is 2.13 bits per heavy atom. The molecule has 2 amide bonds. The van der Waals surface area contributed by atoms with Crippen LogP contribution in [-0.4, -0.2) is 38.1 Å². The number of nitrogens with zero attached hydrogens (tertiary/aromatic N) is 1. The van der Waals surface area contributed by atoms with Gasteiger partial charge >= 0.3 is 0 Å². The van der Waals surface area contributed by atoms with Crippen molar-refractivity contribution in [2.45, 2.75) is 6.92 Å². The Bertz CT molecular complexity index is 1450. The van der Waals surface area contributed by atoms with Crippen LogP contribution in [0.1, 0.15) is 26.3 Å². The zero-order valence-electron chi connectivity index (χ0n) is 21.0. The van der Waals surface area contributed by atoms with E-state index >= 15 is 0 Å². The predicted molar refractivity (Wildman–Crippen MR) is 156 cm³/mol. The molecule has 0 aromatic heterocycles. The highest BCUT2D eigenvalue weighted by Gasteiger charge is 2.14. The number of amides is 2. The van der Waals surface area contributed by atoms with Gasteiger partial charge in [-0.1, -0.05) is 40.2 Å². The van der Waals surface area contributed by atoms with Crippen molar-refractivity contribution in [3.05, 3.63) is 112 Å². The number of carbonyl (C=O) groups excluding carboxylic acids is 2. The van der Waals surface area contributed by atoms with Gasteiger partial charge < -0.3 is 20.3 Å². The Kier molecular flexibility index (Phi) is 7.86. The lowest BCUT2D eigenvalue weighted by Crippen LogP contribution is -2.36. The van der Waals surface area contributed by atoms with Crippen LogP contribution in [0.3, 0.4) is 0 Å². The first-order valence-electron chi connectivity index (χ1n) is 12.5. The van der Waals surface area contributed by atoms with Crippen molar-refractivity contribution in [2.75, 3.05) is 41.8 Å². The number of rotatable bonds is 6. The number of ether oxygens (including phenoxy) is 1. The van der Waals surface area contributed by atoms with Crippen molar-refractivity contribution in [3.8, 4) is 11.1 Å². The molecule has 0 atom stereocenters. The van der Waals surface area contributed by atoms with E-state index in [-0.39, 0.29) is 11.8 Å². The molecule has 1 aliphatic heterocycles. The third kappa shape index (κ3) is 6.13. The van der Waals surface area contributed by atoms with Gasteiger partial charge in [-0.05, 0) is 90.3 Å². The predicted octanol–water partition coefficient (Wildman–Crippen LogP) is 6.77. The summed E-state index contributed by atoms with van der Waals surface area (Å²) in [6.45, 7) is 5.21. The standard InChI is InChI=1S/C31H28BrN3O3/c1-21-5-6-24(31(37)33-26-11-13-28(14-12-26)35-15-17-38-18-16-35)19-29(21)22-7-9-23(10-8-22)30(36)34-27-4-2-3-25(32)20-27/h2-14,19-20H,15-18H2,1H3,(H,33,37)(H,34,36). The molecular weight excluding hydrogens is 542 g/mol. The van der Waals surface area contributed by atoms with Crippen LogP contribution in [-0.2, 0) is 4.74 Å². The molecule has 4 aromatic rings. The highest BCUT2D eigenvalue weighted by atomic mass is 79.9. The molecule has 38 heavy (non-hydrogen) atoms. The molecule has 1 fully saturated rings. The zero-order valence-corrected chi connectivity index (χ0v) is 22.6. The van der Waals surface area contributed by atoms with Crippen LogP contribution in [0.15, 0.2) is 95.5 Å². The summed E-state index contributed by atoms with van der Waals surface area (Å²) in [5.41, 5.74) is 6.64. The Hall–Kier alpha value is -3.94. The van der Waals surface area contributed by atoms with Gasteiger partial charge in [0.2, 0.25) is 0 Å². The van der Waals surface area contributed by atoms with Crippen LogP contribution in [0.25, 0.3) is 11.1 Å². The molecule has 192 valence electrons. The Morgan fingerprint density at radius 2 is 1.42 bits per heavy atom. The molecule has 0 saturated carbocycles. The van der Waals surface area contributed by atoms with Crippen LogP contribution < -0.4 is 15.5 Å². The van der Waals surface area contributed by atoms with E-state index in [0.29, 0.717) is 11.1 Å². The second kappa shape index (κ2) is 11.6. The quantitative estimate of drug-likeness (QED) is 0.269. The van der Waals surface area contributed by atoms with E-state index in [4.69, 9.17) is 4.74 Å². The highest BCUT2D eigenvalue weighted by molar-refractivity contribution is 9.10. The van der Waals surface area contributed by atoms with Crippen LogP contribution in [0.5, 0.6) is 0 Å². The normalized spacial score (nSPS) is 13.2. The first kappa shape index (κ1) is 25.7. The number of hydrogen-bond acceptors (Lipinski definition) is 4. The van der Waals surface area contributed by atoms with Crippen molar-refractivity contribution >= 4 is 44.8 Å². The third-order valence-corrected chi connectivity index (χ3v) is 7.03. The van der Waals surface area contributed by atoms with Crippen molar-refractivity contribution in [3.63, 3.8) is 0 Å². The molecule has 2 N–H and O–H groups in total. The lowest BCUT2D eigenvalue weighted by molar-refractivity contribution is 0.101. The van der Waals surface area contributed by atoms with E-state index in [1.165, 1.54) is 0 Å². The summed E-state index contributed by atoms with van der Waals surface area (Å²) < 4.78 is 6.32. The number of hydrogen-bond donors (Lipinski definition) is 2.